The number of hydrogen-bond acceptors (Lipinski definition) is 4. The lowest BCUT2D eigenvalue weighted by Gasteiger charge is -2.10. The molecular formula is C15H14FNO3. The van der Waals surface area contributed by atoms with Crippen molar-refractivity contribution < 1.29 is 18.7 Å². The number of methoxy groups -OCH3 is 2. The number of halogens is 1. The number of nitrogens with two attached hydrogens (primary N) is 1. The monoisotopic (exact) mass is 275 g/mol. The lowest BCUT2D eigenvalue weighted by atomic mass is 10.0. The fraction of sp³-hybridized carbons (Fsp3) is 0.133. The molecule has 0 spiro atoms. The van der Waals surface area contributed by atoms with Gasteiger partial charge in [0.15, 0.2) is 5.78 Å². The summed E-state index contributed by atoms with van der Waals surface area (Å²) in [7, 11) is 2.92. The highest BCUT2D eigenvalue weighted by molar-refractivity contribution is 6.11. The van der Waals surface area contributed by atoms with E-state index in [1.165, 1.54) is 32.4 Å². The predicted molar refractivity (Wildman–Crippen MR) is 73.8 cm³/mol. The van der Waals surface area contributed by atoms with Crippen molar-refractivity contribution in [1.82, 2.24) is 0 Å². The van der Waals surface area contributed by atoms with Gasteiger partial charge in [0.25, 0.3) is 0 Å². The molecule has 0 aliphatic carbocycles. The highest BCUT2D eigenvalue weighted by Crippen LogP contribution is 2.27. The first kappa shape index (κ1) is 13.9. The van der Waals surface area contributed by atoms with Crippen molar-refractivity contribution >= 4 is 11.5 Å². The molecule has 2 aromatic rings. The zero-order valence-corrected chi connectivity index (χ0v) is 11.1. The Morgan fingerprint density at radius 1 is 1.05 bits per heavy atom. The molecule has 0 saturated carbocycles. The molecule has 0 heterocycles. The summed E-state index contributed by atoms with van der Waals surface area (Å²) in [5.74, 6) is -0.310. The minimum absolute atomic E-state index is 0.100. The van der Waals surface area contributed by atoms with Crippen LogP contribution in [-0.4, -0.2) is 20.0 Å². The second-order valence-corrected chi connectivity index (χ2v) is 4.13. The van der Waals surface area contributed by atoms with Crippen LogP contribution in [0, 0.1) is 5.82 Å². The number of carbonyl (C=O) groups is 1. The molecule has 0 aliphatic heterocycles. The molecule has 0 unspecified atom stereocenters. The molecule has 0 atom stereocenters. The molecule has 0 amide bonds. The first-order chi connectivity index (χ1) is 9.56. The van der Waals surface area contributed by atoms with Gasteiger partial charge in [0.1, 0.15) is 17.3 Å². The van der Waals surface area contributed by atoms with Crippen molar-refractivity contribution in [1.29, 1.82) is 0 Å². The lowest BCUT2D eigenvalue weighted by molar-refractivity contribution is 0.103. The minimum atomic E-state index is -0.630. The van der Waals surface area contributed by atoms with Gasteiger partial charge in [-0.05, 0) is 36.4 Å². The van der Waals surface area contributed by atoms with E-state index in [9.17, 15) is 9.18 Å². The van der Waals surface area contributed by atoms with Gasteiger partial charge in [-0.15, -0.1) is 0 Å². The number of hydrogen-bond donors (Lipinski definition) is 1. The predicted octanol–water partition coefficient (Wildman–Crippen LogP) is 2.66. The summed E-state index contributed by atoms with van der Waals surface area (Å²) in [6, 6.07) is 8.62. The van der Waals surface area contributed by atoms with Crippen molar-refractivity contribution in [2.24, 2.45) is 0 Å². The third kappa shape index (κ3) is 2.56. The molecule has 0 radical (unpaired) electrons. The van der Waals surface area contributed by atoms with Gasteiger partial charge in [-0.3, -0.25) is 4.79 Å². The first-order valence-electron chi connectivity index (χ1n) is 5.88. The molecule has 0 saturated heterocycles. The smallest absolute Gasteiger partial charge is 0.199 e. The quantitative estimate of drug-likeness (QED) is 0.688. The minimum Gasteiger partial charge on any atom is -0.497 e. The molecule has 104 valence electrons. The van der Waals surface area contributed by atoms with E-state index in [1.54, 1.807) is 12.1 Å². The molecule has 4 nitrogen and oxygen atoms in total. The van der Waals surface area contributed by atoms with Crippen LogP contribution in [0.2, 0.25) is 0 Å². The average Bonchev–Trinajstić information content (AvgIpc) is 2.48. The van der Waals surface area contributed by atoms with Crippen LogP contribution < -0.4 is 15.2 Å². The van der Waals surface area contributed by atoms with Crippen molar-refractivity contribution in [2.45, 2.75) is 0 Å². The maximum absolute atomic E-state index is 13.8. The number of nitrogen functional groups attached to an aromatic ring is 1. The fourth-order valence-electron chi connectivity index (χ4n) is 1.85. The molecule has 2 N–H and O–H groups in total. The van der Waals surface area contributed by atoms with Crippen LogP contribution in [0.1, 0.15) is 15.9 Å². The van der Waals surface area contributed by atoms with E-state index in [1.807, 2.05) is 0 Å². The topological polar surface area (TPSA) is 61.5 Å². The van der Waals surface area contributed by atoms with Gasteiger partial charge in [0.2, 0.25) is 0 Å². The second kappa shape index (κ2) is 5.61. The van der Waals surface area contributed by atoms with E-state index in [0.717, 1.165) is 6.07 Å². The van der Waals surface area contributed by atoms with Crippen molar-refractivity contribution in [3.8, 4) is 11.5 Å². The molecule has 0 aliphatic rings. The van der Waals surface area contributed by atoms with Crippen LogP contribution in [0.5, 0.6) is 11.5 Å². The van der Waals surface area contributed by atoms with Crippen LogP contribution in [0.15, 0.2) is 36.4 Å². The number of rotatable bonds is 4. The highest BCUT2D eigenvalue weighted by atomic mass is 19.1. The third-order valence-electron chi connectivity index (χ3n) is 2.89. The van der Waals surface area contributed by atoms with Gasteiger partial charge in [-0.2, -0.15) is 0 Å². The summed E-state index contributed by atoms with van der Waals surface area (Å²) in [6.07, 6.45) is 0. The van der Waals surface area contributed by atoms with Crippen molar-refractivity contribution in [2.75, 3.05) is 20.0 Å². The number of ether oxygens (including phenoxy) is 2. The van der Waals surface area contributed by atoms with E-state index < -0.39 is 11.6 Å². The Labute approximate surface area is 115 Å². The van der Waals surface area contributed by atoms with E-state index >= 15 is 0 Å². The van der Waals surface area contributed by atoms with Gasteiger partial charge in [0, 0.05) is 5.69 Å². The zero-order valence-electron chi connectivity index (χ0n) is 11.1. The van der Waals surface area contributed by atoms with Crippen molar-refractivity contribution in [3.63, 3.8) is 0 Å². The summed E-state index contributed by atoms with van der Waals surface area (Å²) in [5, 5.41) is 0. The largest absolute Gasteiger partial charge is 0.497 e. The summed E-state index contributed by atoms with van der Waals surface area (Å²) >= 11 is 0. The number of benzene rings is 2. The van der Waals surface area contributed by atoms with Gasteiger partial charge in [-0.25, -0.2) is 4.39 Å². The van der Waals surface area contributed by atoms with Gasteiger partial charge in [0.05, 0.1) is 25.3 Å². The van der Waals surface area contributed by atoms with Crippen LogP contribution >= 0.6 is 0 Å². The van der Waals surface area contributed by atoms with E-state index in [-0.39, 0.29) is 11.1 Å². The van der Waals surface area contributed by atoms with E-state index in [0.29, 0.717) is 17.2 Å². The normalized spacial score (nSPS) is 10.2. The average molecular weight is 275 g/mol. The Morgan fingerprint density at radius 3 is 2.45 bits per heavy atom. The number of carbonyl (C=O) groups excluding carboxylic acids is 1. The van der Waals surface area contributed by atoms with Crippen LogP contribution in [0.4, 0.5) is 10.1 Å². The van der Waals surface area contributed by atoms with Crippen LogP contribution in [0.25, 0.3) is 0 Å². The van der Waals surface area contributed by atoms with Crippen LogP contribution in [0.3, 0.4) is 0 Å². The molecule has 2 aromatic carbocycles. The number of anilines is 1. The Hall–Kier alpha value is -2.56. The standard InChI is InChI=1S/C15H14FNO3/c1-19-10-4-6-14(20-2)12(8-10)15(18)11-7-9(17)3-5-13(11)16/h3-8H,17H2,1-2H3. The molecule has 0 aromatic heterocycles. The van der Waals surface area contributed by atoms with E-state index in [4.69, 9.17) is 15.2 Å². The van der Waals surface area contributed by atoms with Gasteiger partial charge >= 0.3 is 0 Å². The summed E-state index contributed by atoms with van der Waals surface area (Å²) < 4.78 is 24.0. The first-order valence-corrected chi connectivity index (χ1v) is 5.88. The van der Waals surface area contributed by atoms with Gasteiger partial charge in [-0.1, -0.05) is 0 Å². The lowest BCUT2D eigenvalue weighted by Crippen LogP contribution is -2.07. The summed E-state index contributed by atoms with van der Waals surface area (Å²) in [4.78, 5) is 12.4. The van der Waals surface area contributed by atoms with E-state index in [2.05, 4.69) is 0 Å². The molecular weight excluding hydrogens is 261 g/mol. The molecule has 0 fully saturated rings. The number of ketones is 1. The van der Waals surface area contributed by atoms with Crippen molar-refractivity contribution in [3.05, 3.63) is 53.3 Å². The Balaban J connectivity index is 2.54. The SMILES string of the molecule is COc1ccc(OC)c(C(=O)c2cc(N)ccc2F)c1. The summed E-state index contributed by atoms with van der Waals surface area (Å²) in [6.45, 7) is 0. The Bertz CT molecular complexity index is 656. The highest BCUT2D eigenvalue weighted by Gasteiger charge is 2.19. The zero-order chi connectivity index (χ0) is 14.7. The molecule has 2 rings (SSSR count). The molecule has 20 heavy (non-hydrogen) atoms. The Kier molecular flexibility index (Phi) is 3.89. The van der Waals surface area contributed by atoms with Gasteiger partial charge < -0.3 is 15.2 Å². The third-order valence-corrected chi connectivity index (χ3v) is 2.89. The molecule has 5 heteroatoms. The van der Waals surface area contributed by atoms with Crippen LogP contribution in [-0.2, 0) is 0 Å². The second-order valence-electron chi connectivity index (χ2n) is 4.13. The summed E-state index contributed by atoms with van der Waals surface area (Å²) in [5.41, 5.74) is 6.03. The maximum atomic E-state index is 13.8. The maximum Gasteiger partial charge on any atom is 0.199 e. The molecule has 0 bridgehead atoms. The Morgan fingerprint density at radius 2 is 1.80 bits per heavy atom. The fourth-order valence-corrected chi connectivity index (χ4v) is 1.85.